The Bertz CT molecular complexity index is 583. The number of hydrogen-bond donors (Lipinski definition) is 2. The summed E-state index contributed by atoms with van der Waals surface area (Å²) < 4.78 is 5.33. The number of ether oxygens (including phenoxy) is 1. The molecule has 3 N–H and O–H groups in total. The quantitative estimate of drug-likeness (QED) is 0.888. The first-order chi connectivity index (χ1) is 9.56. The van der Waals surface area contributed by atoms with Gasteiger partial charge in [-0.05, 0) is 31.0 Å². The average Bonchev–Trinajstić information content (AvgIpc) is 2.88. The van der Waals surface area contributed by atoms with Crippen LogP contribution >= 0.6 is 11.3 Å². The molecule has 0 radical (unpaired) electrons. The van der Waals surface area contributed by atoms with Crippen LogP contribution in [0.2, 0.25) is 0 Å². The zero-order valence-corrected chi connectivity index (χ0v) is 12.8. The van der Waals surface area contributed by atoms with Crippen LogP contribution in [0.25, 0.3) is 0 Å². The summed E-state index contributed by atoms with van der Waals surface area (Å²) in [4.78, 5) is 4.35. The van der Waals surface area contributed by atoms with E-state index in [4.69, 9.17) is 10.5 Å². The fourth-order valence-corrected chi connectivity index (χ4v) is 2.88. The Labute approximate surface area is 123 Å². The van der Waals surface area contributed by atoms with Gasteiger partial charge >= 0.3 is 0 Å². The Hall–Kier alpha value is -1.43. The molecule has 0 aliphatic rings. The zero-order chi connectivity index (χ0) is 14.7. The Morgan fingerprint density at radius 1 is 1.40 bits per heavy atom. The first-order valence-electron chi connectivity index (χ1n) is 6.51. The number of methoxy groups -OCH3 is 1. The standard InChI is InChI=1S/C15H20N2O2S/c1-9-4-5-11(6-14(9)19-3)12(7-16)15(18)13-8-20-10(2)17-13/h4-6,8,12,15,18H,7,16H2,1-3H3. The fourth-order valence-electron chi connectivity index (χ4n) is 2.24. The van der Waals surface area contributed by atoms with Gasteiger partial charge in [0.15, 0.2) is 0 Å². The fraction of sp³-hybridized carbons (Fsp3) is 0.400. The third-order valence-corrected chi connectivity index (χ3v) is 4.23. The topological polar surface area (TPSA) is 68.4 Å². The van der Waals surface area contributed by atoms with Gasteiger partial charge in [-0.1, -0.05) is 12.1 Å². The lowest BCUT2D eigenvalue weighted by atomic mass is 9.91. The zero-order valence-electron chi connectivity index (χ0n) is 12.0. The molecule has 0 saturated heterocycles. The SMILES string of the molecule is COc1cc(C(CN)C(O)c2csc(C)n2)ccc1C. The number of aliphatic hydroxyl groups is 1. The third-order valence-electron chi connectivity index (χ3n) is 3.44. The summed E-state index contributed by atoms with van der Waals surface area (Å²) >= 11 is 1.53. The molecule has 1 heterocycles. The van der Waals surface area contributed by atoms with E-state index < -0.39 is 6.10 Å². The number of nitrogens with zero attached hydrogens (tertiary/aromatic N) is 1. The highest BCUT2D eigenvalue weighted by Crippen LogP contribution is 2.33. The molecule has 5 heteroatoms. The van der Waals surface area contributed by atoms with Gasteiger partial charge < -0.3 is 15.6 Å². The Morgan fingerprint density at radius 2 is 2.15 bits per heavy atom. The maximum absolute atomic E-state index is 10.5. The summed E-state index contributed by atoms with van der Waals surface area (Å²) in [5.74, 6) is 0.619. The molecule has 0 aliphatic heterocycles. The van der Waals surface area contributed by atoms with E-state index >= 15 is 0 Å². The Morgan fingerprint density at radius 3 is 2.70 bits per heavy atom. The van der Waals surface area contributed by atoms with Gasteiger partial charge in [-0.15, -0.1) is 11.3 Å². The van der Waals surface area contributed by atoms with Crippen LogP contribution < -0.4 is 10.5 Å². The molecule has 20 heavy (non-hydrogen) atoms. The van der Waals surface area contributed by atoms with Gasteiger partial charge in [-0.25, -0.2) is 4.98 Å². The summed E-state index contributed by atoms with van der Waals surface area (Å²) in [5, 5.41) is 13.3. The van der Waals surface area contributed by atoms with E-state index in [0.717, 1.165) is 21.9 Å². The highest BCUT2D eigenvalue weighted by molar-refractivity contribution is 7.09. The number of benzene rings is 1. The molecule has 0 spiro atoms. The minimum atomic E-state index is -0.697. The van der Waals surface area contributed by atoms with Crippen LogP contribution in [-0.2, 0) is 0 Å². The molecular formula is C15H20N2O2S. The second kappa shape index (κ2) is 6.35. The molecule has 1 aromatic carbocycles. The largest absolute Gasteiger partial charge is 0.496 e. The molecule has 1 aromatic heterocycles. The normalized spacial score (nSPS) is 14.1. The maximum Gasteiger partial charge on any atom is 0.122 e. The van der Waals surface area contributed by atoms with E-state index in [1.165, 1.54) is 11.3 Å². The van der Waals surface area contributed by atoms with Gasteiger partial charge in [0.2, 0.25) is 0 Å². The molecule has 2 unspecified atom stereocenters. The molecule has 2 aromatic rings. The van der Waals surface area contributed by atoms with Crippen LogP contribution in [0, 0.1) is 13.8 Å². The van der Waals surface area contributed by atoms with Crippen molar-refractivity contribution in [2.75, 3.05) is 13.7 Å². The summed E-state index contributed by atoms with van der Waals surface area (Å²) in [6.07, 6.45) is -0.697. The minimum Gasteiger partial charge on any atom is -0.496 e. The van der Waals surface area contributed by atoms with Crippen LogP contribution in [0.3, 0.4) is 0 Å². The van der Waals surface area contributed by atoms with Crippen molar-refractivity contribution in [1.82, 2.24) is 4.98 Å². The number of aromatic nitrogens is 1. The molecule has 0 bridgehead atoms. The van der Waals surface area contributed by atoms with E-state index in [9.17, 15) is 5.11 Å². The lowest BCUT2D eigenvalue weighted by molar-refractivity contribution is 0.143. The molecule has 4 nitrogen and oxygen atoms in total. The molecule has 2 rings (SSSR count). The summed E-state index contributed by atoms with van der Waals surface area (Å²) in [5.41, 5.74) is 8.56. The van der Waals surface area contributed by atoms with E-state index in [2.05, 4.69) is 4.98 Å². The highest BCUT2D eigenvalue weighted by Gasteiger charge is 2.24. The summed E-state index contributed by atoms with van der Waals surface area (Å²) in [6, 6.07) is 5.91. The number of thiazole rings is 1. The predicted octanol–water partition coefficient (Wildman–Crippen LogP) is 2.54. The average molecular weight is 292 g/mol. The minimum absolute atomic E-state index is 0.189. The first kappa shape index (κ1) is 15.0. The molecule has 0 aliphatic carbocycles. The Balaban J connectivity index is 2.32. The van der Waals surface area contributed by atoms with E-state index in [0.29, 0.717) is 12.2 Å². The Kier molecular flexibility index (Phi) is 4.75. The van der Waals surface area contributed by atoms with Crippen molar-refractivity contribution in [3.8, 4) is 5.75 Å². The van der Waals surface area contributed by atoms with Gasteiger partial charge in [0, 0.05) is 17.8 Å². The lowest BCUT2D eigenvalue weighted by Crippen LogP contribution is -2.20. The van der Waals surface area contributed by atoms with Crippen LogP contribution in [0.1, 0.15) is 33.9 Å². The van der Waals surface area contributed by atoms with Crippen molar-refractivity contribution >= 4 is 11.3 Å². The highest BCUT2D eigenvalue weighted by atomic mass is 32.1. The van der Waals surface area contributed by atoms with Crippen LogP contribution in [0.5, 0.6) is 5.75 Å². The third kappa shape index (κ3) is 3.00. The van der Waals surface area contributed by atoms with Gasteiger partial charge in [-0.2, -0.15) is 0 Å². The van der Waals surface area contributed by atoms with Crippen molar-refractivity contribution in [2.45, 2.75) is 25.9 Å². The molecule has 0 amide bonds. The van der Waals surface area contributed by atoms with Crippen molar-refractivity contribution in [3.05, 3.63) is 45.4 Å². The van der Waals surface area contributed by atoms with Crippen LogP contribution in [0.4, 0.5) is 0 Å². The number of nitrogens with two attached hydrogens (primary N) is 1. The maximum atomic E-state index is 10.5. The van der Waals surface area contributed by atoms with Crippen LogP contribution in [0.15, 0.2) is 23.6 Å². The van der Waals surface area contributed by atoms with E-state index in [1.807, 2.05) is 37.4 Å². The molecule has 108 valence electrons. The van der Waals surface area contributed by atoms with Gasteiger partial charge in [0.05, 0.1) is 17.8 Å². The van der Waals surface area contributed by atoms with Gasteiger partial charge in [0.1, 0.15) is 11.9 Å². The number of aliphatic hydroxyl groups excluding tert-OH is 1. The second-order valence-corrected chi connectivity index (χ2v) is 5.87. The van der Waals surface area contributed by atoms with Crippen LogP contribution in [-0.4, -0.2) is 23.7 Å². The monoisotopic (exact) mass is 292 g/mol. The van der Waals surface area contributed by atoms with E-state index in [1.54, 1.807) is 7.11 Å². The lowest BCUT2D eigenvalue weighted by Gasteiger charge is -2.21. The van der Waals surface area contributed by atoms with E-state index in [-0.39, 0.29) is 5.92 Å². The molecular weight excluding hydrogens is 272 g/mol. The van der Waals surface area contributed by atoms with Crippen molar-refractivity contribution in [2.24, 2.45) is 5.73 Å². The number of hydrogen-bond acceptors (Lipinski definition) is 5. The molecule has 2 atom stereocenters. The number of rotatable bonds is 5. The summed E-state index contributed by atoms with van der Waals surface area (Å²) in [7, 11) is 1.64. The van der Waals surface area contributed by atoms with Crippen molar-refractivity contribution in [1.29, 1.82) is 0 Å². The first-order valence-corrected chi connectivity index (χ1v) is 7.39. The van der Waals surface area contributed by atoms with Gasteiger partial charge in [0.25, 0.3) is 0 Å². The summed E-state index contributed by atoms with van der Waals surface area (Å²) in [6.45, 7) is 4.26. The van der Waals surface area contributed by atoms with Gasteiger partial charge in [-0.3, -0.25) is 0 Å². The smallest absolute Gasteiger partial charge is 0.122 e. The van der Waals surface area contributed by atoms with Crippen molar-refractivity contribution in [3.63, 3.8) is 0 Å². The van der Waals surface area contributed by atoms with Crippen molar-refractivity contribution < 1.29 is 9.84 Å². The molecule has 0 fully saturated rings. The molecule has 0 saturated carbocycles. The second-order valence-electron chi connectivity index (χ2n) is 4.81. The number of aryl methyl sites for hydroxylation is 2. The predicted molar refractivity (Wildman–Crippen MR) is 81.3 cm³/mol.